The molecule has 3 heteroatoms. The van der Waals surface area contributed by atoms with Gasteiger partial charge in [-0.1, -0.05) is 31.4 Å². The molecule has 0 aliphatic carbocycles. The zero-order valence-corrected chi connectivity index (χ0v) is 11.9. The van der Waals surface area contributed by atoms with Crippen LogP contribution in [0.4, 0.5) is 0 Å². The number of rotatable bonds is 3. The summed E-state index contributed by atoms with van der Waals surface area (Å²) in [5, 5.41) is 0. The topological polar surface area (TPSA) is 25.8 Å². The maximum absolute atomic E-state index is 4.35. The van der Waals surface area contributed by atoms with Gasteiger partial charge in [0.2, 0.25) is 0 Å². The normalized spacial score (nSPS) is 9.18. The molecule has 0 fully saturated rings. The molecule has 0 N–H and O–H groups in total. The molecule has 82 valence electrons. The summed E-state index contributed by atoms with van der Waals surface area (Å²) in [7, 11) is 0. The van der Waals surface area contributed by atoms with Crippen LogP contribution in [0.5, 0.6) is 0 Å². The van der Waals surface area contributed by atoms with E-state index in [2.05, 4.69) is 23.1 Å². The molecule has 0 aliphatic heterocycles. The van der Waals surface area contributed by atoms with E-state index in [-0.39, 0.29) is 26.2 Å². The summed E-state index contributed by atoms with van der Waals surface area (Å²) in [6.45, 7) is 7.59. The summed E-state index contributed by atoms with van der Waals surface area (Å²) in [6.07, 6.45) is 7.09. The van der Waals surface area contributed by atoms with Crippen molar-refractivity contribution in [1.29, 1.82) is 0 Å². The van der Waals surface area contributed by atoms with Crippen LogP contribution in [0, 0.1) is 0 Å². The first-order chi connectivity index (χ1) is 7.86. The molecule has 2 aromatic heterocycles. The second-order valence-electron chi connectivity index (χ2n) is 3.29. The summed E-state index contributed by atoms with van der Waals surface area (Å²) in [6, 6.07) is 7.67. The van der Waals surface area contributed by atoms with E-state index in [1.54, 1.807) is 24.5 Å². The molecule has 2 aromatic rings. The van der Waals surface area contributed by atoms with Crippen LogP contribution in [0.25, 0.3) is 23.5 Å². The molecular weight excluding hydrogens is 287 g/mol. The van der Waals surface area contributed by atoms with Crippen molar-refractivity contribution in [2.24, 2.45) is 0 Å². The quantitative estimate of drug-likeness (QED) is 0.868. The molecule has 2 nitrogen and oxygen atoms in total. The fourth-order valence-electron chi connectivity index (χ4n) is 1.59. The van der Waals surface area contributed by atoms with Gasteiger partial charge in [0, 0.05) is 44.2 Å². The average Bonchev–Trinajstić information content (AvgIpc) is 2.38. The van der Waals surface area contributed by atoms with Crippen molar-refractivity contribution in [3.05, 3.63) is 60.9 Å². The Morgan fingerprint density at radius 3 is 2.35 bits per heavy atom. The van der Waals surface area contributed by atoms with Crippen molar-refractivity contribution < 1.29 is 26.2 Å². The molecule has 2 heterocycles. The van der Waals surface area contributed by atoms with Crippen LogP contribution >= 0.6 is 0 Å². The van der Waals surface area contributed by atoms with Crippen LogP contribution in [0.1, 0.15) is 11.1 Å². The summed E-state index contributed by atoms with van der Waals surface area (Å²) < 4.78 is 0. The van der Waals surface area contributed by atoms with Crippen LogP contribution in [0.15, 0.2) is 49.8 Å². The fourth-order valence-corrected chi connectivity index (χ4v) is 1.59. The van der Waals surface area contributed by atoms with Gasteiger partial charge in [0.1, 0.15) is 0 Å². The second-order valence-corrected chi connectivity index (χ2v) is 3.29. The van der Waals surface area contributed by atoms with E-state index in [1.807, 2.05) is 24.3 Å². The van der Waals surface area contributed by atoms with Crippen LogP contribution in [0.2, 0.25) is 0 Å². The molecule has 0 atom stereocenters. The molecule has 2 rings (SSSR count). The SMILES string of the molecule is C=Cc1ccnc(-c2ccccn2)c1C=C.[Zr]. The molecule has 0 unspecified atom stereocenters. The molecule has 0 spiro atoms. The number of nitrogens with zero attached hydrogens (tertiary/aromatic N) is 2. The molecule has 17 heavy (non-hydrogen) atoms. The Morgan fingerprint density at radius 1 is 0.941 bits per heavy atom. The Morgan fingerprint density at radius 2 is 1.76 bits per heavy atom. The molecule has 0 bridgehead atoms. The van der Waals surface area contributed by atoms with E-state index < -0.39 is 0 Å². The first-order valence-electron chi connectivity index (χ1n) is 5.02. The predicted octanol–water partition coefficient (Wildman–Crippen LogP) is 3.43. The van der Waals surface area contributed by atoms with E-state index in [0.29, 0.717) is 0 Å². The number of pyridine rings is 2. The Hall–Kier alpha value is -1.34. The molecule has 0 aromatic carbocycles. The zero-order valence-electron chi connectivity index (χ0n) is 9.43. The molecule has 0 aliphatic rings. The van der Waals surface area contributed by atoms with Crippen molar-refractivity contribution in [2.45, 2.75) is 0 Å². The number of hydrogen-bond acceptors (Lipinski definition) is 2. The van der Waals surface area contributed by atoms with Crippen LogP contribution in [0.3, 0.4) is 0 Å². The third kappa shape index (κ3) is 2.86. The molecule has 0 radical (unpaired) electrons. The van der Waals surface area contributed by atoms with Gasteiger partial charge in [0.15, 0.2) is 0 Å². The minimum absolute atomic E-state index is 0. The Kier molecular flexibility index (Phi) is 5.18. The van der Waals surface area contributed by atoms with Gasteiger partial charge in [-0.15, -0.1) is 0 Å². The van der Waals surface area contributed by atoms with Gasteiger partial charge in [0.25, 0.3) is 0 Å². The maximum Gasteiger partial charge on any atom is 0.0964 e. The van der Waals surface area contributed by atoms with Gasteiger partial charge in [-0.05, 0) is 23.8 Å². The van der Waals surface area contributed by atoms with Gasteiger partial charge >= 0.3 is 0 Å². The minimum atomic E-state index is 0. The predicted molar refractivity (Wildman–Crippen MR) is 67.7 cm³/mol. The van der Waals surface area contributed by atoms with E-state index in [0.717, 1.165) is 22.5 Å². The smallest absolute Gasteiger partial charge is 0.0964 e. The summed E-state index contributed by atoms with van der Waals surface area (Å²) in [5.74, 6) is 0. The largest absolute Gasteiger partial charge is 0.255 e. The first kappa shape index (κ1) is 13.7. The third-order valence-electron chi connectivity index (χ3n) is 2.36. The molecule has 0 saturated carbocycles. The van der Waals surface area contributed by atoms with Crippen molar-refractivity contribution >= 4 is 12.2 Å². The second kappa shape index (κ2) is 6.41. The van der Waals surface area contributed by atoms with Crippen molar-refractivity contribution in [3.63, 3.8) is 0 Å². The van der Waals surface area contributed by atoms with Crippen molar-refractivity contribution in [2.75, 3.05) is 0 Å². The monoisotopic (exact) mass is 298 g/mol. The molecular formula is C14H12N2Zr. The van der Waals surface area contributed by atoms with E-state index in [9.17, 15) is 0 Å². The van der Waals surface area contributed by atoms with Gasteiger partial charge < -0.3 is 0 Å². The molecule has 0 saturated heterocycles. The summed E-state index contributed by atoms with van der Waals surface area (Å²) in [5.41, 5.74) is 3.68. The molecule has 0 amide bonds. The van der Waals surface area contributed by atoms with E-state index in [1.165, 1.54) is 0 Å². The average molecular weight is 299 g/mol. The van der Waals surface area contributed by atoms with Crippen molar-refractivity contribution in [1.82, 2.24) is 9.97 Å². The van der Waals surface area contributed by atoms with Gasteiger partial charge in [-0.3, -0.25) is 9.97 Å². The van der Waals surface area contributed by atoms with Gasteiger partial charge in [-0.25, -0.2) is 0 Å². The number of aromatic nitrogens is 2. The fraction of sp³-hybridized carbons (Fsp3) is 0. The van der Waals surface area contributed by atoms with Crippen LogP contribution in [-0.4, -0.2) is 9.97 Å². The minimum Gasteiger partial charge on any atom is -0.255 e. The number of hydrogen-bond donors (Lipinski definition) is 0. The Labute approximate surface area is 120 Å². The van der Waals surface area contributed by atoms with E-state index >= 15 is 0 Å². The van der Waals surface area contributed by atoms with E-state index in [4.69, 9.17) is 0 Å². The standard InChI is InChI=1S/C14H12N2.Zr/c1-3-11-8-10-16-14(12(11)4-2)13-7-5-6-9-15-13;/h3-10H,1-2H2;. The Balaban J connectivity index is 0.00000144. The summed E-state index contributed by atoms with van der Waals surface area (Å²) >= 11 is 0. The van der Waals surface area contributed by atoms with Crippen molar-refractivity contribution in [3.8, 4) is 11.4 Å². The van der Waals surface area contributed by atoms with Gasteiger partial charge in [-0.2, -0.15) is 0 Å². The Bertz CT molecular complexity index is 521. The first-order valence-corrected chi connectivity index (χ1v) is 5.02. The van der Waals surface area contributed by atoms with Crippen LogP contribution < -0.4 is 0 Å². The summed E-state index contributed by atoms with van der Waals surface area (Å²) in [4.78, 5) is 8.64. The third-order valence-corrected chi connectivity index (χ3v) is 2.36. The zero-order chi connectivity index (χ0) is 11.4. The van der Waals surface area contributed by atoms with Gasteiger partial charge in [0.05, 0.1) is 11.4 Å². The maximum atomic E-state index is 4.35. The van der Waals surface area contributed by atoms with Crippen LogP contribution in [-0.2, 0) is 26.2 Å².